The lowest BCUT2D eigenvalue weighted by molar-refractivity contribution is -0.137. The van der Waals surface area contributed by atoms with E-state index >= 15 is 0 Å². The molecular weight excluding hydrogens is 244 g/mol. The number of likely N-dealkylation sites (tertiary alicyclic amines) is 1. The molecule has 0 radical (unpaired) electrons. The maximum atomic E-state index is 12.3. The molecule has 2 rings (SSSR count). The van der Waals surface area contributed by atoms with Crippen molar-refractivity contribution in [3.05, 3.63) is 0 Å². The fourth-order valence-corrected chi connectivity index (χ4v) is 3.34. The number of carboxylic acid groups (broad SMARTS) is 1. The summed E-state index contributed by atoms with van der Waals surface area (Å²) in [7, 11) is 0. The van der Waals surface area contributed by atoms with Crippen LogP contribution in [0.1, 0.15) is 52.4 Å². The van der Waals surface area contributed by atoms with Crippen LogP contribution in [-0.2, 0) is 4.79 Å². The Morgan fingerprint density at radius 1 is 1.32 bits per heavy atom. The number of carbonyl (C=O) groups is 2. The van der Waals surface area contributed by atoms with E-state index < -0.39 is 5.97 Å². The van der Waals surface area contributed by atoms with Crippen molar-refractivity contribution in [2.24, 2.45) is 5.41 Å². The number of carboxylic acids is 1. The van der Waals surface area contributed by atoms with Crippen LogP contribution in [0.25, 0.3) is 0 Å². The van der Waals surface area contributed by atoms with Gasteiger partial charge in [0.2, 0.25) is 0 Å². The van der Waals surface area contributed by atoms with Crippen LogP contribution < -0.4 is 5.32 Å². The van der Waals surface area contributed by atoms with Gasteiger partial charge in [0, 0.05) is 18.6 Å². The molecule has 1 aliphatic carbocycles. The molecule has 1 aliphatic heterocycles. The third-order valence-corrected chi connectivity index (χ3v) is 4.60. The summed E-state index contributed by atoms with van der Waals surface area (Å²) in [6.07, 6.45) is 5.07. The highest BCUT2D eigenvalue weighted by atomic mass is 16.4. The van der Waals surface area contributed by atoms with Crippen LogP contribution in [0.4, 0.5) is 4.79 Å². The molecule has 0 aromatic rings. The summed E-state index contributed by atoms with van der Waals surface area (Å²) >= 11 is 0. The van der Waals surface area contributed by atoms with Gasteiger partial charge < -0.3 is 15.3 Å². The summed E-state index contributed by atoms with van der Waals surface area (Å²) < 4.78 is 0. The van der Waals surface area contributed by atoms with Gasteiger partial charge in [0.15, 0.2) is 0 Å². The number of rotatable bonds is 3. The van der Waals surface area contributed by atoms with Crippen LogP contribution in [-0.4, -0.2) is 40.6 Å². The average Bonchev–Trinajstić information content (AvgIpc) is 2.85. The number of amides is 2. The smallest absolute Gasteiger partial charge is 0.317 e. The minimum Gasteiger partial charge on any atom is -0.481 e. The van der Waals surface area contributed by atoms with E-state index in [1.54, 1.807) is 4.90 Å². The van der Waals surface area contributed by atoms with Crippen molar-refractivity contribution in [3.63, 3.8) is 0 Å². The first kappa shape index (κ1) is 14.2. The first-order valence-electron chi connectivity index (χ1n) is 7.19. The molecule has 5 heteroatoms. The van der Waals surface area contributed by atoms with Gasteiger partial charge in [0.1, 0.15) is 0 Å². The molecule has 1 saturated carbocycles. The Labute approximate surface area is 114 Å². The zero-order valence-corrected chi connectivity index (χ0v) is 11.8. The average molecular weight is 268 g/mol. The lowest BCUT2D eigenvalue weighted by Gasteiger charge is -2.31. The van der Waals surface area contributed by atoms with Crippen molar-refractivity contribution in [2.75, 3.05) is 6.54 Å². The van der Waals surface area contributed by atoms with E-state index in [0.717, 1.165) is 32.1 Å². The zero-order chi connectivity index (χ0) is 14.0. The predicted molar refractivity (Wildman–Crippen MR) is 71.9 cm³/mol. The summed E-state index contributed by atoms with van der Waals surface area (Å²) in [5.41, 5.74) is 0.150. The quantitative estimate of drug-likeness (QED) is 0.824. The molecule has 1 heterocycles. The third kappa shape index (κ3) is 3.19. The molecular formula is C14H24N2O3. The Balaban J connectivity index is 1.94. The van der Waals surface area contributed by atoms with E-state index in [0.29, 0.717) is 6.54 Å². The van der Waals surface area contributed by atoms with Crippen molar-refractivity contribution < 1.29 is 14.7 Å². The van der Waals surface area contributed by atoms with Gasteiger partial charge in [0.05, 0.1) is 6.42 Å². The highest BCUT2D eigenvalue weighted by Crippen LogP contribution is 2.37. The normalized spacial score (nSPS) is 29.5. The van der Waals surface area contributed by atoms with Gasteiger partial charge in [-0.1, -0.05) is 20.3 Å². The Hall–Kier alpha value is -1.26. The number of carbonyl (C=O) groups excluding carboxylic acids is 1. The Kier molecular flexibility index (Phi) is 4.02. The Bertz CT molecular complexity index is 368. The topological polar surface area (TPSA) is 69.6 Å². The number of aliphatic carboxylic acids is 1. The van der Waals surface area contributed by atoms with E-state index in [9.17, 15) is 9.59 Å². The highest BCUT2D eigenvalue weighted by Gasteiger charge is 2.38. The number of nitrogens with zero attached hydrogens (tertiary/aromatic N) is 1. The predicted octanol–water partition coefficient (Wildman–Crippen LogP) is 2.21. The van der Waals surface area contributed by atoms with Gasteiger partial charge in [-0.2, -0.15) is 0 Å². The molecule has 0 bridgehead atoms. The second-order valence-electron chi connectivity index (χ2n) is 6.47. The lowest BCUT2D eigenvalue weighted by Crippen LogP contribution is -2.50. The molecule has 1 saturated heterocycles. The van der Waals surface area contributed by atoms with Crippen molar-refractivity contribution in [2.45, 2.75) is 64.5 Å². The minimum atomic E-state index is -0.828. The summed E-state index contributed by atoms with van der Waals surface area (Å²) in [4.78, 5) is 24.8. The van der Waals surface area contributed by atoms with E-state index in [1.807, 2.05) is 0 Å². The number of urea groups is 1. The molecule has 2 aliphatic rings. The molecule has 108 valence electrons. The highest BCUT2D eigenvalue weighted by molar-refractivity contribution is 5.76. The van der Waals surface area contributed by atoms with Crippen molar-refractivity contribution in [1.29, 1.82) is 0 Å². The van der Waals surface area contributed by atoms with Crippen LogP contribution in [0.5, 0.6) is 0 Å². The van der Waals surface area contributed by atoms with Crippen LogP contribution in [0.15, 0.2) is 0 Å². The van der Waals surface area contributed by atoms with Crippen LogP contribution in [0, 0.1) is 5.41 Å². The SMILES string of the molecule is CC1(C)CCCC1NC(=O)N1CCCC1CC(=O)O. The van der Waals surface area contributed by atoms with Crippen molar-refractivity contribution in [3.8, 4) is 0 Å². The van der Waals surface area contributed by atoms with Crippen LogP contribution >= 0.6 is 0 Å². The fourth-order valence-electron chi connectivity index (χ4n) is 3.34. The summed E-state index contributed by atoms with van der Waals surface area (Å²) in [5, 5.41) is 12.0. The molecule has 2 amide bonds. The maximum absolute atomic E-state index is 12.3. The van der Waals surface area contributed by atoms with Gasteiger partial charge in [-0.15, -0.1) is 0 Å². The molecule has 2 fully saturated rings. The first-order chi connectivity index (χ1) is 8.90. The molecule has 0 spiro atoms. The number of hydrogen-bond acceptors (Lipinski definition) is 2. The van der Waals surface area contributed by atoms with Gasteiger partial charge in [-0.05, 0) is 31.1 Å². The second kappa shape index (κ2) is 5.39. The summed E-state index contributed by atoms with van der Waals surface area (Å²) in [6, 6.07) is -0.00295. The first-order valence-corrected chi connectivity index (χ1v) is 7.19. The lowest BCUT2D eigenvalue weighted by atomic mass is 9.87. The van der Waals surface area contributed by atoms with Crippen molar-refractivity contribution >= 4 is 12.0 Å². The second-order valence-corrected chi connectivity index (χ2v) is 6.47. The fraction of sp³-hybridized carbons (Fsp3) is 0.857. The molecule has 0 aromatic heterocycles. The Morgan fingerprint density at radius 3 is 2.63 bits per heavy atom. The van der Waals surface area contributed by atoms with Crippen LogP contribution in [0.3, 0.4) is 0 Å². The minimum absolute atomic E-state index is 0.0570. The molecule has 2 unspecified atom stereocenters. The van der Waals surface area contributed by atoms with Crippen LogP contribution in [0.2, 0.25) is 0 Å². The van der Waals surface area contributed by atoms with Gasteiger partial charge in [-0.3, -0.25) is 4.79 Å². The number of hydrogen-bond donors (Lipinski definition) is 2. The molecule has 0 aromatic carbocycles. The summed E-state index contributed by atoms with van der Waals surface area (Å²) in [6.45, 7) is 5.05. The standard InChI is InChI=1S/C14H24N2O3/c1-14(2)7-3-6-11(14)15-13(19)16-8-4-5-10(16)9-12(17)18/h10-11H,3-9H2,1-2H3,(H,15,19)(H,17,18). The van der Waals surface area contributed by atoms with Crippen molar-refractivity contribution in [1.82, 2.24) is 10.2 Å². The zero-order valence-electron chi connectivity index (χ0n) is 11.8. The molecule has 19 heavy (non-hydrogen) atoms. The van der Waals surface area contributed by atoms with Gasteiger partial charge in [-0.25, -0.2) is 4.79 Å². The molecule has 2 atom stereocenters. The third-order valence-electron chi connectivity index (χ3n) is 4.60. The monoisotopic (exact) mass is 268 g/mol. The molecule has 5 nitrogen and oxygen atoms in total. The van der Waals surface area contributed by atoms with E-state index in [2.05, 4.69) is 19.2 Å². The molecule has 2 N–H and O–H groups in total. The van der Waals surface area contributed by atoms with Gasteiger partial charge >= 0.3 is 12.0 Å². The van der Waals surface area contributed by atoms with E-state index in [4.69, 9.17) is 5.11 Å². The van der Waals surface area contributed by atoms with Gasteiger partial charge in [0.25, 0.3) is 0 Å². The van der Waals surface area contributed by atoms with E-state index in [-0.39, 0.29) is 30.0 Å². The maximum Gasteiger partial charge on any atom is 0.317 e. The largest absolute Gasteiger partial charge is 0.481 e. The Morgan fingerprint density at radius 2 is 2.05 bits per heavy atom. The van der Waals surface area contributed by atoms with E-state index in [1.165, 1.54) is 0 Å². The summed E-state index contributed by atoms with van der Waals surface area (Å²) in [5.74, 6) is -0.828. The number of nitrogens with one attached hydrogen (secondary N) is 1.